The van der Waals surface area contributed by atoms with Crippen LogP contribution in [0, 0.1) is 17.8 Å². The summed E-state index contributed by atoms with van der Waals surface area (Å²) >= 11 is 0. The fraction of sp³-hybridized carbons (Fsp3) is 0.483. The van der Waals surface area contributed by atoms with E-state index in [1.54, 1.807) is 0 Å². The number of hydrogen-bond acceptors (Lipinski definition) is 4. The van der Waals surface area contributed by atoms with Crippen molar-refractivity contribution in [2.75, 3.05) is 13.2 Å². The van der Waals surface area contributed by atoms with Gasteiger partial charge in [-0.3, -0.25) is 9.59 Å². The van der Waals surface area contributed by atoms with Crippen LogP contribution in [0.2, 0.25) is 0 Å². The van der Waals surface area contributed by atoms with Crippen LogP contribution < -0.4 is 10.6 Å². The number of fused-ring (bicyclic) bond motifs is 3. The number of carbonyl (C=O) groups excluding carboxylic acids is 2. The van der Waals surface area contributed by atoms with E-state index in [0.29, 0.717) is 18.8 Å². The maximum atomic E-state index is 12.9. The molecule has 3 rings (SSSR count). The lowest BCUT2D eigenvalue weighted by atomic mass is 9.94. The first-order chi connectivity index (χ1) is 17.2. The Kier molecular flexibility index (Phi) is 9.51. The molecule has 7 nitrogen and oxygen atoms in total. The van der Waals surface area contributed by atoms with Gasteiger partial charge < -0.3 is 20.5 Å². The zero-order valence-electron chi connectivity index (χ0n) is 21.6. The lowest BCUT2D eigenvalue weighted by Gasteiger charge is -2.23. The summed E-state index contributed by atoms with van der Waals surface area (Å²) in [6.45, 7) is 8.43. The minimum absolute atomic E-state index is 0.00683. The molecule has 2 aromatic rings. The van der Waals surface area contributed by atoms with Gasteiger partial charge in [0.1, 0.15) is 12.6 Å². The molecule has 2 amide bonds. The second-order valence-electron chi connectivity index (χ2n) is 10.5. The van der Waals surface area contributed by atoms with Crippen LogP contribution in [0.5, 0.6) is 0 Å². The van der Waals surface area contributed by atoms with E-state index in [1.165, 1.54) is 0 Å². The highest BCUT2D eigenvalue weighted by atomic mass is 16.5. The molecular formula is C29H38N2O5. The van der Waals surface area contributed by atoms with E-state index < -0.39 is 18.1 Å². The molecule has 1 aliphatic carbocycles. The molecule has 0 heterocycles. The SMILES string of the molecule is CC(C)C[C@H](CNC(=O)[C@H](CC(C)C)NC(=O)OCC1c2ccccc2-c2ccccc21)CC(=O)O. The van der Waals surface area contributed by atoms with Crippen molar-refractivity contribution in [3.8, 4) is 11.1 Å². The first kappa shape index (κ1) is 27.2. The van der Waals surface area contributed by atoms with Crippen molar-refractivity contribution in [2.45, 2.75) is 58.9 Å². The third-order valence-electron chi connectivity index (χ3n) is 6.49. The van der Waals surface area contributed by atoms with Crippen molar-refractivity contribution in [3.05, 3.63) is 59.7 Å². The molecule has 194 valence electrons. The highest BCUT2D eigenvalue weighted by Crippen LogP contribution is 2.44. The topological polar surface area (TPSA) is 105 Å². The van der Waals surface area contributed by atoms with E-state index >= 15 is 0 Å². The summed E-state index contributed by atoms with van der Waals surface area (Å²) < 4.78 is 5.62. The predicted molar refractivity (Wildman–Crippen MR) is 140 cm³/mol. The van der Waals surface area contributed by atoms with Crippen LogP contribution in [0.25, 0.3) is 11.1 Å². The van der Waals surface area contributed by atoms with Gasteiger partial charge in [0.25, 0.3) is 0 Å². The summed E-state index contributed by atoms with van der Waals surface area (Å²) in [5.41, 5.74) is 4.54. The zero-order valence-corrected chi connectivity index (χ0v) is 21.6. The third-order valence-corrected chi connectivity index (χ3v) is 6.49. The number of hydrogen-bond donors (Lipinski definition) is 3. The fourth-order valence-electron chi connectivity index (χ4n) is 5.01. The number of ether oxygens (including phenoxy) is 1. The van der Waals surface area contributed by atoms with Crippen molar-refractivity contribution in [1.82, 2.24) is 10.6 Å². The Morgan fingerprint density at radius 2 is 1.44 bits per heavy atom. The monoisotopic (exact) mass is 494 g/mol. The van der Waals surface area contributed by atoms with Gasteiger partial charge >= 0.3 is 12.1 Å². The fourth-order valence-corrected chi connectivity index (χ4v) is 5.01. The summed E-state index contributed by atoms with van der Waals surface area (Å²) in [4.78, 5) is 36.9. The standard InChI is InChI=1S/C29H38N2O5/c1-18(2)13-20(15-27(32)33)16-30-28(34)26(14-19(3)4)31-29(35)36-17-25-23-11-7-5-9-21(23)22-10-6-8-12-24(22)25/h5-12,18-20,25-26H,13-17H2,1-4H3,(H,30,34)(H,31,35)(H,32,33)/t20-,26-/m0/s1. The highest BCUT2D eigenvalue weighted by molar-refractivity contribution is 5.85. The van der Waals surface area contributed by atoms with Crippen molar-refractivity contribution in [3.63, 3.8) is 0 Å². The van der Waals surface area contributed by atoms with Gasteiger partial charge in [-0.15, -0.1) is 0 Å². The summed E-state index contributed by atoms with van der Waals surface area (Å²) in [6, 6.07) is 15.5. The van der Waals surface area contributed by atoms with Crippen LogP contribution in [0.15, 0.2) is 48.5 Å². The average molecular weight is 495 g/mol. The molecular weight excluding hydrogens is 456 g/mol. The van der Waals surface area contributed by atoms with Crippen LogP contribution in [0.1, 0.15) is 64.0 Å². The minimum atomic E-state index is -0.884. The van der Waals surface area contributed by atoms with Gasteiger partial charge in [-0.2, -0.15) is 0 Å². The Labute approximate surface area is 213 Å². The second-order valence-corrected chi connectivity index (χ2v) is 10.5. The summed E-state index contributed by atoms with van der Waals surface area (Å²) in [7, 11) is 0. The van der Waals surface area contributed by atoms with Gasteiger partial charge in [-0.05, 0) is 52.8 Å². The molecule has 0 spiro atoms. The second kappa shape index (κ2) is 12.6. The first-order valence-corrected chi connectivity index (χ1v) is 12.8. The van der Waals surface area contributed by atoms with E-state index in [9.17, 15) is 19.5 Å². The molecule has 0 saturated carbocycles. The van der Waals surface area contributed by atoms with Crippen LogP contribution in [0.3, 0.4) is 0 Å². The molecule has 0 aromatic heterocycles. The highest BCUT2D eigenvalue weighted by Gasteiger charge is 2.30. The van der Waals surface area contributed by atoms with Gasteiger partial charge in [0.15, 0.2) is 0 Å². The number of benzene rings is 2. The van der Waals surface area contributed by atoms with Crippen molar-refractivity contribution in [1.29, 1.82) is 0 Å². The number of amides is 2. The van der Waals surface area contributed by atoms with Gasteiger partial charge in [-0.25, -0.2) is 4.79 Å². The summed E-state index contributed by atoms with van der Waals surface area (Å²) in [6.07, 6.45) is 0.500. The smallest absolute Gasteiger partial charge is 0.407 e. The normalized spacial score (nSPS) is 14.2. The van der Waals surface area contributed by atoms with Gasteiger partial charge in [0.05, 0.1) is 0 Å². The van der Waals surface area contributed by atoms with Gasteiger partial charge in [0.2, 0.25) is 5.91 Å². The quantitative estimate of drug-likeness (QED) is 0.376. The number of carboxylic acids is 1. The summed E-state index contributed by atoms with van der Waals surface area (Å²) in [5.74, 6) is -0.951. The van der Waals surface area contributed by atoms with E-state index in [4.69, 9.17) is 4.74 Å². The van der Waals surface area contributed by atoms with Crippen molar-refractivity contribution >= 4 is 18.0 Å². The van der Waals surface area contributed by atoms with E-state index in [2.05, 4.69) is 34.9 Å². The molecule has 0 radical (unpaired) electrons. The number of aliphatic carboxylic acids is 1. The minimum Gasteiger partial charge on any atom is -0.481 e. The average Bonchev–Trinajstić information content (AvgIpc) is 3.13. The molecule has 0 aliphatic heterocycles. The summed E-state index contributed by atoms with van der Waals surface area (Å²) in [5, 5.41) is 14.8. The lowest BCUT2D eigenvalue weighted by molar-refractivity contribution is -0.138. The Balaban J connectivity index is 1.61. The maximum Gasteiger partial charge on any atom is 0.407 e. The molecule has 2 aromatic carbocycles. The molecule has 0 fully saturated rings. The van der Waals surface area contributed by atoms with Crippen molar-refractivity contribution < 1.29 is 24.2 Å². The van der Waals surface area contributed by atoms with Crippen LogP contribution in [-0.2, 0) is 14.3 Å². The lowest BCUT2D eigenvalue weighted by Crippen LogP contribution is -2.48. The molecule has 2 atom stereocenters. The Bertz CT molecular complexity index is 1020. The Morgan fingerprint density at radius 1 is 0.889 bits per heavy atom. The molecule has 36 heavy (non-hydrogen) atoms. The maximum absolute atomic E-state index is 12.9. The van der Waals surface area contributed by atoms with E-state index in [1.807, 2.05) is 52.0 Å². The van der Waals surface area contributed by atoms with E-state index in [-0.39, 0.29) is 43.2 Å². The Hall–Kier alpha value is -3.35. The van der Waals surface area contributed by atoms with E-state index in [0.717, 1.165) is 22.3 Å². The molecule has 0 unspecified atom stereocenters. The predicted octanol–water partition coefficient (Wildman–Crippen LogP) is 5.19. The third kappa shape index (κ3) is 7.33. The number of carbonyl (C=O) groups is 3. The molecule has 1 aliphatic rings. The number of rotatable bonds is 12. The number of alkyl carbamates (subject to hydrolysis) is 1. The van der Waals surface area contributed by atoms with Crippen LogP contribution >= 0.6 is 0 Å². The Morgan fingerprint density at radius 3 is 1.97 bits per heavy atom. The van der Waals surface area contributed by atoms with Crippen LogP contribution in [-0.4, -0.2) is 42.3 Å². The molecule has 7 heteroatoms. The van der Waals surface area contributed by atoms with Crippen molar-refractivity contribution in [2.24, 2.45) is 17.8 Å². The molecule has 0 saturated heterocycles. The van der Waals surface area contributed by atoms with Gasteiger partial charge in [0, 0.05) is 18.9 Å². The number of nitrogens with one attached hydrogen (secondary N) is 2. The molecule has 3 N–H and O–H groups in total. The molecule has 0 bridgehead atoms. The largest absolute Gasteiger partial charge is 0.481 e. The number of carboxylic acid groups (broad SMARTS) is 1. The van der Waals surface area contributed by atoms with Gasteiger partial charge in [-0.1, -0.05) is 76.2 Å². The zero-order chi connectivity index (χ0) is 26.2. The van der Waals surface area contributed by atoms with Crippen LogP contribution in [0.4, 0.5) is 4.79 Å². The first-order valence-electron chi connectivity index (χ1n) is 12.8.